The minimum atomic E-state index is -4.32. The van der Waals surface area contributed by atoms with Crippen LogP contribution in [-0.4, -0.2) is 72.8 Å². The third-order valence-electron chi connectivity index (χ3n) is 9.01. The van der Waals surface area contributed by atoms with Crippen LogP contribution in [0.15, 0.2) is 88.6 Å². The van der Waals surface area contributed by atoms with Crippen LogP contribution >= 0.6 is 11.6 Å². The van der Waals surface area contributed by atoms with Gasteiger partial charge in [-0.3, -0.25) is 23.5 Å². The van der Waals surface area contributed by atoms with Crippen molar-refractivity contribution in [1.29, 1.82) is 0 Å². The van der Waals surface area contributed by atoms with Crippen LogP contribution in [0.4, 0.5) is 5.69 Å². The van der Waals surface area contributed by atoms with E-state index < -0.39 is 15.6 Å². The molecule has 2 heterocycles. The Labute approximate surface area is 283 Å². The molecule has 5 rings (SSSR count). The number of nitrogens with zero attached hydrogens (tertiary/aromatic N) is 5. The number of benzene rings is 3. The smallest absolute Gasteiger partial charge is 0.296 e. The van der Waals surface area contributed by atoms with Crippen LogP contribution in [0.5, 0.6) is 0 Å². The second kappa shape index (κ2) is 14.5. The molecule has 11 heteroatoms. The maximum Gasteiger partial charge on any atom is 0.296 e. The summed E-state index contributed by atoms with van der Waals surface area (Å²) >= 11 is 6.50. The van der Waals surface area contributed by atoms with Gasteiger partial charge in [0.2, 0.25) is 0 Å². The van der Waals surface area contributed by atoms with E-state index in [-0.39, 0.29) is 33.1 Å². The Kier molecular flexibility index (Phi) is 10.6. The molecule has 1 saturated heterocycles. The fourth-order valence-electron chi connectivity index (χ4n) is 6.47. The van der Waals surface area contributed by atoms with Gasteiger partial charge in [-0.1, -0.05) is 74.0 Å². The average molecular weight is 678 g/mol. The molecule has 0 saturated carbocycles. The summed E-state index contributed by atoms with van der Waals surface area (Å²) in [5.74, 6) is 0.154. The fraction of sp³-hybridized carbons (Fsp3) is 0.389. The third-order valence-corrected chi connectivity index (χ3v) is 11.2. The van der Waals surface area contributed by atoms with E-state index in [9.17, 15) is 18.0 Å². The number of carbonyl (C=O) groups is 1. The molecule has 0 spiro atoms. The van der Waals surface area contributed by atoms with Gasteiger partial charge in [-0.25, -0.2) is 13.1 Å². The van der Waals surface area contributed by atoms with Crippen molar-refractivity contribution < 1.29 is 13.2 Å². The minimum Gasteiger partial charge on any atom is -0.333 e. The quantitative estimate of drug-likeness (QED) is 0.201. The highest BCUT2D eigenvalue weighted by Gasteiger charge is 2.34. The monoisotopic (exact) mass is 677 g/mol. The predicted molar refractivity (Wildman–Crippen MR) is 188 cm³/mol. The first kappa shape index (κ1) is 34.5. The Morgan fingerprint density at radius 3 is 2.32 bits per heavy atom. The number of hydrogen-bond acceptors (Lipinski definition) is 5. The summed E-state index contributed by atoms with van der Waals surface area (Å²) in [5.41, 5.74) is 2.17. The maximum absolute atomic E-state index is 14.1. The van der Waals surface area contributed by atoms with Crippen molar-refractivity contribution in [3.05, 3.63) is 111 Å². The van der Waals surface area contributed by atoms with E-state index in [0.29, 0.717) is 23.8 Å². The molecule has 1 amide bonds. The average Bonchev–Trinajstić information content (AvgIpc) is 3.27. The lowest BCUT2D eigenvalue weighted by Crippen LogP contribution is -2.55. The van der Waals surface area contributed by atoms with Crippen LogP contribution in [-0.2, 0) is 23.5 Å². The molecule has 9 nitrogen and oxygen atoms in total. The number of carbonyl (C=O) groups excluding carboxylic acids is 1. The highest BCUT2D eigenvalue weighted by molar-refractivity contribution is 7.93. The van der Waals surface area contributed by atoms with Crippen LogP contribution in [0.25, 0.3) is 5.69 Å². The standard InChI is InChI=1S/C36H44ClN5O4S/c1-26(2)23-31-25-40(20-12-15-28-13-8-6-9-14-28)21-22-41(31)35(43)29-18-19-32(37)33(24-29)47(45,46)39(5)34-27(3)38(4)42(36(34)44)30-16-10-7-11-17-30/h6-11,13-14,16-19,24,26,31H,12,15,20-23,25H2,1-5H3. The first-order valence-corrected chi connectivity index (χ1v) is 17.9. The van der Waals surface area contributed by atoms with Crippen molar-refractivity contribution in [3.8, 4) is 5.69 Å². The lowest BCUT2D eigenvalue weighted by atomic mass is 9.98. The van der Waals surface area contributed by atoms with E-state index in [4.69, 9.17) is 11.6 Å². The molecule has 1 unspecified atom stereocenters. The number of amides is 1. The highest BCUT2D eigenvalue weighted by Crippen LogP contribution is 2.30. The van der Waals surface area contributed by atoms with Crippen molar-refractivity contribution >= 4 is 33.2 Å². The Morgan fingerprint density at radius 2 is 1.66 bits per heavy atom. The summed E-state index contributed by atoms with van der Waals surface area (Å²) in [4.78, 5) is 31.8. The SMILES string of the molecule is Cc1c(N(C)S(=O)(=O)c2cc(C(=O)N3CCN(CCCc4ccccc4)CC3CC(C)C)ccc2Cl)c(=O)n(-c2ccccc2)n1C. The molecule has 250 valence electrons. The van der Waals surface area contributed by atoms with Crippen LogP contribution in [0.2, 0.25) is 5.02 Å². The largest absolute Gasteiger partial charge is 0.333 e. The second-order valence-corrected chi connectivity index (χ2v) is 15.0. The summed E-state index contributed by atoms with van der Waals surface area (Å²) in [6.07, 6.45) is 2.88. The van der Waals surface area contributed by atoms with Gasteiger partial charge in [0.15, 0.2) is 0 Å². The second-order valence-electron chi connectivity index (χ2n) is 12.7. The van der Waals surface area contributed by atoms with Gasteiger partial charge >= 0.3 is 0 Å². The molecule has 4 aromatic rings. The Balaban J connectivity index is 1.38. The van der Waals surface area contributed by atoms with Crippen LogP contribution < -0.4 is 9.86 Å². The molecule has 0 N–H and O–H groups in total. The molecule has 0 radical (unpaired) electrons. The van der Waals surface area contributed by atoms with Gasteiger partial charge in [0.25, 0.3) is 21.5 Å². The number of rotatable bonds is 11. The van der Waals surface area contributed by atoms with E-state index in [1.165, 1.54) is 29.4 Å². The summed E-state index contributed by atoms with van der Waals surface area (Å²) < 4.78 is 32.2. The lowest BCUT2D eigenvalue weighted by Gasteiger charge is -2.42. The molecule has 3 aromatic carbocycles. The van der Waals surface area contributed by atoms with E-state index in [0.717, 1.165) is 43.2 Å². The van der Waals surface area contributed by atoms with Crippen LogP contribution in [0, 0.1) is 12.8 Å². The minimum absolute atomic E-state index is 0.00420. The fourth-order valence-corrected chi connectivity index (χ4v) is 8.22. The summed E-state index contributed by atoms with van der Waals surface area (Å²) in [6.45, 7) is 9.01. The van der Waals surface area contributed by atoms with Crippen molar-refractivity contribution in [2.75, 3.05) is 37.5 Å². The number of sulfonamides is 1. The Hall–Kier alpha value is -3.86. The summed E-state index contributed by atoms with van der Waals surface area (Å²) in [5, 5.41) is -0.0210. The van der Waals surface area contributed by atoms with Crippen LogP contribution in [0.3, 0.4) is 0 Å². The van der Waals surface area contributed by atoms with E-state index >= 15 is 0 Å². The van der Waals surface area contributed by atoms with E-state index in [2.05, 4.69) is 43.0 Å². The van der Waals surface area contributed by atoms with Gasteiger partial charge in [0.1, 0.15) is 10.6 Å². The first-order chi connectivity index (χ1) is 22.4. The normalized spacial score (nSPS) is 15.7. The molecule has 47 heavy (non-hydrogen) atoms. The summed E-state index contributed by atoms with van der Waals surface area (Å²) in [6, 6.07) is 23.9. The van der Waals surface area contributed by atoms with Gasteiger partial charge in [0, 0.05) is 45.3 Å². The summed E-state index contributed by atoms with van der Waals surface area (Å²) in [7, 11) is -1.27. The molecule has 1 atom stereocenters. The predicted octanol–water partition coefficient (Wildman–Crippen LogP) is 5.77. The van der Waals surface area contributed by atoms with Gasteiger partial charge in [-0.15, -0.1) is 0 Å². The number of para-hydroxylation sites is 1. The van der Waals surface area contributed by atoms with E-state index in [1.54, 1.807) is 36.9 Å². The number of anilines is 1. The zero-order valence-corrected chi connectivity index (χ0v) is 29.3. The van der Waals surface area contributed by atoms with Crippen molar-refractivity contribution in [2.24, 2.45) is 13.0 Å². The van der Waals surface area contributed by atoms with Gasteiger partial charge in [0.05, 0.1) is 16.4 Å². The molecule has 1 aromatic heterocycles. The van der Waals surface area contributed by atoms with Gasteiger partial charge in [-0.05, 0) is 74.5 Å². The van der Waals surface area contributed by atoms with Crippen molar-refractivity contribution in [2.45, 2.75) is 51.0 Å². The zero-order chi connectivity index (χ0) is 33.9. The number of hydrogen-bond donors (Lipinski definition) is 0. The van der Waals surface area contributed by atoms with E-state index in [1.807, 2.05) is 29.2 Å². The third kappa shape index (κ3) is 7.35. The maximum atomic E-state index is 14.1. The van der Waals surface area contributed by atoms with Crippen molar-refractivity contribution in [1.82, 2.24) is 19.2 Å². The highest BCUT2D eigenvalue weighted by atomic mass is 35.5. The van der Waals surface area contributed by atoms with Gasteiger partial charge < -0.3 is 4.90 Å². The molecule has 0 aliphatic carbocycles. The molecule has 1 fully saturated rings. The molecule has 0 bridgehead atoms. The number of piperazine rings is 1. The van der Waals surface area contributed by atoms with Crippen molar-refractivity contribution in [3.63, 3.8) is 0 Å². The zero-order valence-electron chi connectivity index (χ0n) is 27.8. The molecule has 1 aliphatic rings. The Bertz CT molecular complexity index is 1870. The number of aryl methyl sites for hydroxylation is 1. The lowest BCUT2D eigenvalue weighted by molar-refractivity contribution is 0.0407. The topological polar surface area (TPSA) is 87.9 Å². The Morgan fingerprint density at radius 1 is 1.00 bits per heavy atom. The van der Waals surface area contributed by atoms with Crippen LogP contribution in [0.1, 0.15) is 48.3 Å². The van der Waals surface area contributed by atoms with Gasteiger partial charge in [-0.2, -0.15) is 0 Å². The number of aromatic nitrogens is 2. The first-order valence-electron chi connectivity index (χ1n) is 16.1. The molecular weight excluding hydrogens is 634 g/mol. The number of halogens is 1. The molecule has 1 aliphatic heterocycles. The molecular formula is C36H44ClN5O4S.